The maximum Gasteiger partial charge on any atom is 0.271 e. The van der Waals surface area contributed by atoms with Gasteiger partial charge in [-0.15, -0.1) is 0 Å². The third-order valence-corrected chi connectivity index (χ3v) is 6.93. The van der Waals surface area contributed by atoms with E-state index in [0.29, 0.717) is 23.6 Å². The molecule has 0 heterocycles. The number of carbonyl (C=O) groups excluding carboxylic acids is 1. The SMILES string of the molecule is Cc1ccc(CN(c2ccc(C(=O)N/N=C\c3ccccc3OCc3ccccc3)cc2)S(C)(=O)=O)cc1. The Morgan fingerprint density at radius 1 is 0.868 bits per heavy atom. The first-order valence-corrected chi connectivity index (χ1v) is 13.9. The Hall–Kier alpha value is -4.43. The van der Waals surface area contributed by atoms with Gasteiger partial charge in [-0.05, 0) is 54.4 Å². The number of hydrogen-bond donors (Lipinski definition) is 1. The van der Waals surface area contributed by atoms with Gasteiger partial charge in [0, 0.05) is 11.1 Å². The number of carbonyl (C=O) groups is 1. The summed E-state index contributed by atoms with van der Waals surface area (Å²) in [6, 6.07) is 31.3. The van der Waals surface area contributed by atoms with E-state index in [0.717, 1.165) is 28.5 Å². The molecule has 0 aliphatic rings. The predicted octanol–water partition coefficient (Wildman–Crippen LogP) is 5.30. The summed E-state index contributed by atoms with van der Waals surface area (Å²) in [6.07, 6.45) is 2.69. The molecule has 0 fully saturated rings. The van der Waals surface area contributed by atoms with Gasteiger partial charge >= 0.3 is 0 Å². The maximum absolute atomic E-state index is 12.6. The molecule has 1 N–H and O–H groups in total. The first kappa shape index (κ1) is 26.6. The van der Waals surface area contributed by atoms with Gasteiger partial charge in [-0.2, -0.15) is 5.10 Å². The van der Waals surface area contributed by atoms with Crippen molar-refractivity contribution in [1.29, 1.82) is 0 Å². The van der Waals surface area contributed by atoms with E-state index in [1.54, 1.807) is 24.3 Å². The molecular formula is C30H29N3O4S. The van der Waals surface area contributed by atoms with Crippen LogP contribution in [0.1, 0.15) is 32.6 Å². The standard InChI is InChI=1S/C30H29N3O4S/c1-23-12-14-24(15-13-23)21-33(38(2,35)36)28-18-16-26(17-19-28)30(34)32-31-20-27-10-6-7-11-29(27)37-22-25-8-4-3-5-9-25/h3-20H,21-22H2,1-2H3,(H,32,34)/b31-20-. The summed E-state index contributed by atoms with van der Waals surface area (Å²) in [6.45, 7) is 2.59. The molecular weight excluding hydrogens is 498 g/mol. The van der Waals surface area contributed by atoms with Crippen LogP contribution in [0.4, 0.5) is 5.69 Å². The molecule has 4 aromatic carbocycles. The first-order chi connectivity index (χ1) is 18.3. The molecule has 0 atom stereocenters. The van der Waals surface area contributed by atoms with Gasteiger partial charge in [0.25, 0.3) is 5.91 Å². The summed E-state index contributed by atoms with van der Waals surface area (Å²) in [5, 5.41) is 4.08. The van der Waals surface area contributed by atoms with Gasteiger partial charge in [-0.25, -0.2) is 13.8 Å². The Bertz CT molecular complexity index is 1500. The van der Waals surface area contributed by atoms with E-state index < -0.39 is 15.9 Å². The minimum Gasteiger partial charge on any atom is -0.488 e. The number of amides is 1. The van der Waals surface area contributed by atoms with Crippen molar-refractivity contribution in [2.75, 3.05) is 10.6 Å². The molecule has 1 amide bonds. The second-order valence-electron chi connectivity index (χ2n) is 8.81. The Morgan fingerprint density at radius 3 is 2.21 bits per heavy atom. The molecule has 0 saturated carbocycles. The molecule has 0 bridgehead atoms. The molecule has 0 aliphatic carbocycles. The van der Waals surface area contributed by atoms with Crippen molar-refractivity contribution in [1.82, 2.24) is 5.43 Å². The van der Waals surface area contributed by atoms with E-state index in [2.05, 4.69) is 10.5 Å². The van der Waals surface area contributed by atoms with Gasteiger partial charge < -0.3 is 4.74 Å². The molecule has 4 aromatic rings. The average Bonchev–Trinajstić information content (AvgIpc) is 2.92. The largest absolute Gasteiger partial charge is 0.488 e. The Labute approximate surface area is 223 Å². The zero-order chi connectivity index (χ0) is 27.0. The number of sulfonamides is 1. The quantitative estimate of drug-likeness (QED) is 0.224. The number of benzene rings is 4. The molecule has 0 saturated heterocycles. The van der Waals surface area contributed by atoms with Crippen LogP contribution in [0.15, 0.2) is 108 Å². The molecule has 8 heteroatoms. The molecule has 0 spiro atoms. The molecule has 0 aromatic heterocycles. The van der Waals surface area contributed by atoms with Gasteiger partial charge in [0.2, 0.25) is 10.0 Å². The molecule has 0 aliphatic heterocycles. The van der Waals surface area contributed by atoms with Gasteiger partial charge in [0.05, 0.1) is 24.7 Å². The average molecular weight is 528 g/mol. The number of nitrogens with zero attached hydrogens (tertiary/aromatic N) is 2. The Morgan fingerprint density at radius 2 is 1.53 bits per heavy atom. The smallest absolute Gasteiger partial charge is 0.271 e. The number of para-hydroxylation sites is 1. The summed E-state index contributed by atoms with van der Waals surface area (Å²) in [7, 11) is -3.53. The van der Waals surface area contributed by atoms with E-state index in [4.69, 9.17) is 4.74 Å². The van der Waals surface area contributed by atoms with Crippen molar-refractivity contribution in [2.45, 2.75) is 20.1 Å². The summed E-state index contributed by atoms with van der Waals surface area (Å²) in [5.74, 6) is 0.230. The molecule has 4 rings (SSSR count). The number of rotatable bonds is 10. The second-order valence-corrected chi connectivity index (χ2v) is 10.7. The monoisotopic (exact) mass is 527 g/mol. The van der Waals surface area contributed by atoms with Crippen LogP contribution < -0.4 is 14.5 Å². The number of ether oxygens (including phenoxy) is 1. The molecule has 194 valence electrons. The summed E-state index contributed by atoms with van der Waals surface area (Å²) < 4.78 is 32.2. The lowest BCUT2D eigenvalue weighted by molar-refractivity contribution is 0.0955. The fraction of sp³-hybridized carbons (Fsp3) is 0.133. The number of hydrogen-bond acceptors (Lipinski definition) is 5. The Balaban J connectivity index is 1.40. The van der Waals surface area contributed by atoms with Crippen LogP contribution in [-0.2, 0) is 23.2 Å². The number of hydrazone groups is 1. The van der Waals surface area contributed by atoms with Crippen molar-refractivity contribution in [3.05, 3.63) is 131 Å². The fourth-order valence-corrected chi connectivity index (χ4v) is 4.61. The second kappa shape index (κ2) is 12.2. The van der Waals surface area contributed by atoms with E-state index in [1.807, 2.05) is 85.8 Å². The first-order valence-electron chi connectivity index (χ1n) is 12.0. The lowest BCUT2D eigenvalue weighted by atomic mass is 10.1. The molecule has 0 radical (unpaired) electrons. The third-order valence-electron chi connectivity index (χ3n) is 5.79. The lowest BCUT2D eigenvalue weighted by Gasteiger charge is -2.22. The fourth-order valence-electron chi connectivity index (χ4n) is 3.72. The number of aryl methyl sites for hydroxylation is 1. The van der Waals surface area contributed by atoms with Crippen LogP contribution >= 0.6 is 0 Å². The zero-order valence-corrected chi connectivity index (χ0v) is 22.1. The van der Waals surface area contributed by atoms with E-state index >= 15 is 0 Å². The topological polar surface area (TPSA) is 88.1 Å². The Kier molecular flexibility index (Phi) is 8.55. The van der Waals surface area contributed by atoms with Crippen molar-refractivity contribution < 1.29 is 17.9 Å². The number of anilines is 1. The van der Waals surface area contributed by atoms with Crippen molar-refractivity contribution >= 4 is 27.8 Å². The van der Waals surface area contributed by atoms with Gasteiger partial charge in [0.15, 0.2) is 0 Å². The van der Waals surface area contributed by atoms with Crippen LogP contribution in [0.2, 0.25) is 0 Å². The highest BCUT2D eigenvalue weighted by Crippen LogP contribution is 2.22. The normalized spacial score (nSPS) is 11.3. The zero-order valence-electron chi connectivity index (χ0n) is 21.2. The van der Waals surface area contributed by atoms with E-state index in [1.165, 1.54) is 10.5 Å². The highest BCUT2D eigenvalue weighted by atomic mass is 32.2. The van der Waals surface area contributed by atoms with E-state index in [9.17, 15) is 13.2 Å². The van der Waals surface area contributed by atoms with Crippen molar-refractivity contribution in [3.8, 4) is 5.75 Å². The minimum atomic E-state index is -3.53. The summed E-state index contributed by atoms with van der Waals surface area (Å²) >= 11 is 0. The molecule has 0 unspecified atom stereocenters. The predicted molar refractivity (Wildman–Crippen MR) is 151 cm³/mol. The van der Waals surface area contributed by atoms with Crippen molar-refractivity contribution in [3.63, 3.8) is 0 Å². The van der Waals surface area contributed by atoms with E-state index in [-0.39, 0.29) is 6.54 Å². The van der Waals surface area contributed by atoms with Crippen LogP contribution in [0, 0.1) is 6.92 Å². The third kappa shape index (κ3) is 7.30. The summed E-state index contributed by atoms with van der Waals surface area (Å²) in [5.41, 5.74) is 7.07. The highest BCUT2D eigenvalue weighted by molar-refractivity contribution is 7.92. The van der Waals surface area contributed by atoms with Crippen LogP contribution in [-0.4, -0.2) is 26.8 Å². The van der Waals surface area contributed by atoms with Gasteiger partial charge in [-0.1, -0.05) is 72.3 Å². The highest BCUT2D eigenvalue weighted by Gasteiger charge is 2.18. The maximum atomic E-state index is 12.6. The molecule has 7 nitrogen and oxygen atoms in total. The number of nitrogens with one attached hydrogen (secondary N) is 1. The molecule has 38 heavy (non-hydrogen) atoms. The summed E-state index contributed by atoms with van der Waals surface area (Å²) in [4.78, 5) is 12.6. The van der Waals surface area contributed by atoms with Crippen LogP contribution in [0.3, 0.4) is 0 Å². The van der Waals surface area contributed by atoms with Crippen molar-refractivity contribution in [2.24, 2.45) is 5.10 Å². The van der Waals surface area contributed by atoms with Crippen LogP contribution in [0.25, 0.3) is 0 Å². The van der Waals surface area contributed by atoms with Crippen LogP contribution in [0.5, 0.6) is 5.75 Å². The van der Waals surface area contributed by atoms with Gasteiger partial charge in [-0.3, -0.25) is 9.10 Å². The van der Waals surface area contributed by atoms with Gasteiger partial charge in [0.1, 0.15) is 12.4 Å². The lowest BCUT2D eigenvalue weighted by Crippen LogP contribution is -2.29. The minimum absolute atomic E-state index is 0.195.